The number of nitriles is 1. The molecule has 0 bridgehead atoms. The fraction of sp³-hybridized carbons (Fsp3) is 0.0714. The van der Waals surface area contributed by atoms with E-state index in [1.165, 1.54) is 23.5 Å². The highest BCUT2D eigenvalue weighted by Gasteiger charge is 2.33. The van der Waals surface area contributed by atoms with E-state index in [0.29, 0.717) is 20.7 Å². The molecule has 20 heavy (non-hydrogen) atoms. The van der Waals surface area contributed by atoms with Crippen LogP contribution in [0, 0.1) is 11.3 Å². The Bertz CT molecular complexity index is 821. The summed E-state index contributed by atoms with van der Waals surface area (Å²) in [7, 11) is 0. The maximum absolute atomic E-state index is 13.1. The van der Waals surface area contributed by atoms with E-state index in [1.807, 2.05) is 6.07 Å². The van der Waals surface area contributed by atoms with E-state index in [4.69, 9.17) is 5.26 Å². The number of rotatable bonds is 1. The van der Waals surface area contributed by atoms with Gasteiger partial charge in [-0.3, -0.25) is 0 Å². The lowest BCUT2D eigenvalue weighted by atomic mass is 10.00. The number of hydrogen-bond donors (Lipinski definition) is 1. The SMILES string of the molecule is N#Cc1cc2c(-c3ccccc3C(F)(F)F)c[nH]c2s1. The Balaban J connectivity index is 2.26. The summed E-state index contributed by atoms with van der Waals surface area (Å²) in [6.45, 7) is 0. The molecule has 2 nitrogen and oxygen atoms in total. The number of benzene rings is 1. The molecular weight excluding hydrogens is 285 g/mol. The van der Waals surface area contributed by atoms with Crippen LogP contribution in [0.1, 0.15) is 10.4 Å². The second-order valence-corrected chi connectivity index (χ2v) is 5.26. The zero-order chi connectivity index (χ0) is 14.3. The van der Waals surface area contributed by atoms with Crippen molar-refractivity contribution in [3.05, 3.63) is 47.0 Å². The predicted molar refractivity (Wildman–Crippen MR) is 71.3 cm³/mol. The van der Waals surface area contributed by atoms with Crippen molar-refractivity contribution in [2.24, 2.45) is 0 Å². The molecule has 0 spiro atoms. The minimum atomic E-state index is -4.41. The number of nitrogens with zero attached hydrogens (tertiary/aromatic N) is 1. The Morgan fingerprint density at radius 1 is 1.15 bits per heavy atom. The molecule has 0 radical (unpaired) electrons. The molecule has 100 valence electrons. The number of fused-ring (bicyclic) bond motifs is 1. The van der Waals surface area contributed by atoms with Gasteiger partial charge in [-0.2, -0.15) is 18.4 Å². The van der Waals surface area contributed by atoms with Crippen molar-refractivity contribution in [1.82, 2.24) is 4.98 Å². The van der Waals surface area contributed by atoms with Gasteiger partial charge in [0.25, 0.3) is 0 Å². The van der Waals surface area contributed by atoms with Crippen molar-refractivity contribution in [1.29, 1.82) is 5.26 Å². The van der Waals surface area contributed by atoms with Gasteiger partial charge in [-0.1, -0.05) is 18.2 Å². The van der Waals surface area contributed by atoms with E-state index in [-0.39, 0.29) is 5.56 Å². The summed E-state index contributed by atoms with van der Waals surface area (Å²) in [6, 6.07) is 9.05. The Hall–Kier alpha value is -2.26. The van der Waals surface area contributed by atoms with Gasteiger partial charge in [-0.05, 0) is 17.7 Å². The molecule has 0 aliphatic carbocycles. The van der Waals surface area contributed by atoms with Crippen LogP contribution in [0.15, 0.2) is 36.5 Å². The van der Waals surface area contributed by atoms with E-state index < -0.39 is 11.7 Å². The smallest absolute Gasteiger partial charge is 0.352 e. The monoisotopic (exact) mass is 292 g/mol. The minimum absolute atomic E-state index is 0.119. The van der Waals surface area contributed by atoms with Crippen LogP contribution in [0.2, 0.25) is 0 Å². The standard InChI is InChI=1S/C14H7F3N2S/c15-14(16,17)12-4-2-1-3-9(12)11-7-19-13-10(11)5-8(6-18)20-13/h1-5,7,19H. The van der Waals surface area contributed by atoms with Gasteiger partial charge < -0.3 is 4.98 Å². The normalized spacial score (nSPS) is 11.7. The van der Waals surface area contributed by atoms with Crippen LogP contribution >= 0.6 is 11.3 Å². The first kappa shape index (κ1) is 12.8. The fourth-order valence-electron chi connectivity index (χ4n) is 2.16. The quantitative estimate of drug-likeness (QED) is 0.688. The van der Waals surface area contributed by atoms with Crippen molar-refractivity contribution in [3.63, 3.8) is 0 Å². The lowest BCUT2D eigenvalue weighted by molar-refractivity contribution is -0.137. The summed E-state index contributed by atoms with van der Waals surface area (Å²) in [6.07, 6.45) is -2.86. The maximum Gasteiger partial charge on any atom is 0.417 e. The molecular formula is C14H7F3N2S. The lowest BCUT2D eigenvalue weighted by Crippen LogP contribution is -2.06. The first-order chi connectivity index (χ1) is 9.50. The van der Waals surface area contributed by atoms with Crippen molar-refractivity contribution < 1.29 is 13.2 Å². The molecule has 0 saturated carbocycles. The van der Waals surface area contributed by atoms with Gasteiger partial charge in [0.05, 0.1) is 5.56 Å². The summed E-state index contributed by atoms with van der Waals surface area (Å²) in [4.78, 5) is 4.09. The van der Waals surface area contributed by atoms with Crippen LogP contribution in [0.4, 0.5) is 13.2 Å². The number of hydrogen-bond acceptors (Lipinski definition) is 2. The van der Waals surface area contributed by atoms with Crippen LogP contribution in [0.25, 0.3) is 21.3 Å². The third kappa shape index (κ3) is 1.96. The number of aromatic nitrogens is 1. The van der Waals surface area contributed by atoms with Gasteiger partial charge >= 0.3 is 6.18 Å². The molecule has 2 aromatic heterocycles. The average molecular weight is 292 g/mol. The number of thiophene rings is 1. The van der Waals surface area contributed by atoms with Gasteiger partial charge in [0.15, 0.2) is 0 Å². The van der Waals surface area contributed by atoms with E-state index in [0.717, 1.165) is 6.07 Å². The molecule has 0 atom stereocenters. The summed E-state index contributed by atoms with van der Waals surface area (Å²) in [5, 5.41) is 9.51. The molecule has 0 aliphatic heterocycles. The van der Waals surface area contributed by atoms with E-state index in [1.54, 1.807) is 18.3 Å². The molecule has 6 heteroatoms. The molecule has 0 aliphatic rings. The van der Waals surface area contributed by atoms with Crippen LogP contribution in [0.5, 0.6) is 0 Å². The summed E-state index contributed by atoms with van der Waals surface area (Å²) in [5.74, 6) is 0. The predicted octanol–water partition coefficient (Wildman–Crippen LogP) is 4.79. The van der Waals surface area contributed by atoms with Crippen molar-refractivity contribution in [2.45, 2.75) is 6.18 Å². The molecule has 0 fully saturated rings. The largest absolute Gasteiger partial charge is 0.417 e. The number of halogens is 3. The van der Waals surface area contributed by atoms with Crippen LogP contribution in [0.3, 0.4) is 0 Å². The highest BCUT2D eigenvalue weighted by atomic mass is 32.1. The number of H-pyrrole nitrogens is 1. The molecule has 2 heterocycles. The molecule has 1 aromatic carbocycles. The maximum atomic E-state index is 13.1. The zero-order valence-electron chi connectivity index (χ0n) is 9.95. The average Bonchev–Trinajstić information content (AvgIpc) is 2.96. The van der Waals surface area contributed by atoms with Crippen LogP contribution < -0.4 is 0 Å². The summed E-state index contributed by atoms with van der Waals surface area (Å²) in [5.41, 5.74) is -0.0928. The van der Waals surface area contributed by atoms with Crippen LogP contribution in [-0.4, -0.2) is 4.98 Å². The van der Waals surface area contributed by atoms with Crippen molar-refractivity contribution >= 4 is 21.6 Å². The van der Waals surface area contributed by atoms with Crippen LogP contribution in [-0.2, 0) is 6.18 Å². The Labute approximate surface area is 116 Å². The van der Waals surface area contributed by atoms with E-state index in [2.05, 4.69) is 4.98 Å². The summed E-state index contributed by atoms with van der Waals surface area (Å²) >= 11 is 1.23. The topological polar surface area (TPSA) is 39.6 Å². The Morgan fingerprint density at radius 2 is 1.90 bits per heavy atom. The highest BCUT2D eigenvalue weighted by molar-refractivity contribution is 7.19. The first-order valence-corrected chi connectivity index (χ1v) is 6.50. The number of nitrogens with one attached hydrogen (secondary N) is 1. The lowest BCUT2D eigenvalue weighted by Gasteiger charge is -2.11. The zero-order valence-corrected chi connectivity index (χ0v) is 10.8. The van der Waals surface area contributed by atoms with Gasteiger partial charge in [-0.15, -0.1) is 11.3 Å². The molecule has 3 aromatic rings. The fourth-order valence-corrected chi connectivity index (χ4v) is 3.00. The highest BCUT2D eigenvalue weighted by Crippen LogP contribution is 2.40. The molecule has 0 amide bonds. The van der Waals surface area contributed by atoms with E-state index in [9.17, 15) is 13.2 Å². The van der Waals surface area contributed by atoms with Gasteiger partial charge in [0, 0.05) is 17.1 Å². The molecule has 1 N–H and O–H groups in total. The second-order valence-electron chi connectivity index (χ2n) is 4.21. The minimum Gasteiger partial charge on any atom is -0.352 e. The third-order valence-corrected chi connectivity index (χ3v) is 3.97. The second kappa shape index (κ2) is 4.39. The van der Waals surface area contributed by atoms with Gasteiger partial charge in [0.1, 0.15) is 15.8 Å². The molecule has 3 rings (SSSR count). The Kier molecular flexibility index (Phi) is 2.80. The molecule has 0 saturated heterocycles. The van der Waals surface area contributed by atoms with Gasteiger partial charge in [-0.25, -0.2) is 0 Å². The number of aromatic amines is 1. The summed E-state index contributed by atoms with van der Waals surface area (Å²) < 4.78 is 39.2. The molecule has 0 unspecified atom stereocenters. The van der Waals surface area contributed by atoms with Crippen molar-refractivity contribution in [3.8, 4) is 17.2 Å². The van der Waals surface area contributed by atoms with Crippen molar-refractivity contribution in [2.75, 3.05) is 0 Å². The van der Waals surface area contributed by atoms with Gasteiger partial charge in [0.2, 0.25) is 0 Å². The number of alkyl halides is 3. The Morgan fingerprint density at radius 3 is 2.60 bits per heavy atom. The third-order valence-electron chi connectivity index (χ3n) is 3.00. The first-order valence-electron chi connectivity index (χ1n) is 5.68. The van der Waals surface area contributed by atoms with E-state index >= 15 is 0 Å².